The third-order valence-corrected chi connectivity index (χ3v) is 3.69. The van der Waals surface area contributed by atoms with Crippen LogP contribution < -0.4 is 10.5 Å². The zero-order valence-corrected chi connectivity index (χ0v) is 9.84. The van der Waals surface area contributed by atoms with Crippen LogP contribution in [-0.2, 0) is 5.41 Å². The van der Waals surface area contributed by atoms with Crippen LogP contribution in [0.5, 0.6) is 5.75 Å². The van der Waals surface area contributed by atoms with Crippen LogP contribution in [0.15, 0.2) is 18.2 Å². The molecule has 1 aliphatic carbocycles. The van der Waals surface area contributed by atoms with Crippen molar-refractivity contribution < 1.29 is 4.74 Å². The summed E-state index contributed by atoms with van der Waals surface area (Å²) >= 11 is 6.24. The standard InChI is InChI=1S/C12H16ClNO/c1-8(14)12(5-6-12)10-4-3-9(15-2)7-11(10)13/h3-4,7-8H,5-6,14H2,1-2H3. The van der Waals surface area contributed by atoms with Crippen LogP contribution in [0.2, 0.25) is 5.02 Å². The van der Waals surface area contributed by atoms with Gasteiger partial charge in [-0.05, 0) is 37.5 Å². The normalized spacial score (nSPS) is 19.7. The van der Waals surface area contributed by atoms with E-state index in [4.69, 9.17) is 22.1 Å². The quantitative estimate of drug-likeness (QED) is 0.859. The Morgan fingerprint density at radius 2 is 2.13 bits per heavy atom. The molecule has 15 heavy (non-hydrogen) atoms. The summed E-state index contributed by atoms with van der Waals surface area (Å²) in [5.41, 5.74) is 7.30. The number of benzene rings is 1. The number of ether oxygens (including phenoxy) is 1. The summed E-state index contributed by atoms with van der Waals surface area (Å²) < 4.78 is 5.13. The summed E-state index contributed by atoms with van der Waals surface area (Å²) in [6, 6.07) is 6.00. The molecule has 2 nitrogen and oxygen atoms in total. The van der Waals surface area contributed by atoms with Gasteiger partial charge in [-0.3, -0.25) is 0 Å². The van der Waals surface area contributed by atoms with Crippen molar-refractivity contribution in [2.24, 2.45) is 5.73 Å². The molecule has 1 unspecified atom stereocenters. The molecule has 2 N–H and O–H groups in total. The summed E-state index contributed by atoms with van der Waals surface area (Å²) in [5, 5.41) is 0.768. The summed E-state index contributed by atoms with van der Waals surface area (Å²) in [4.78, 5) is 0. The van der Waals surface area contributed by atoms with Crippen molar-refractivity contribution in [3.63, 3.8) is 0 Å². The molecule has 1 atom stereocenters. The Kier molecular flexibility index (Phi) is 2.65. The van der Waals surface area contributed by atoms with Crippen molar-refractivity contribution in [2.75, 3.05) is 7.11 Å². The van der Waals surface area contributed by atoms with Crippen molar-refractivity contribution >= 4 is 11.6 Å². The number of methoxy groups -OCH3 is 1. The number of hydrogen-bond donors (Lipinski definition) is 1. The van der Waals surface area contributed by atoms with Crippen LogP contribution in [0.1, 0.15) is 25.3 Å². The minimum Gasteiger partial charge on any atom is -0.497 e. The highest BCUT2D eigenvalue weighted by molar-refractivity contribution is 6.31. The summed E-state index contributed by atoms with van der Waals surface area (Å²) in [7, 11) is 1.64. The molecule has 2 rings (SSSR count). The fourth-order valence-electron chi connectivity index (χ4n) is 2.13. The molecule has 0 spiro atoms. The lowest BCUT2D eigenvalue weighted by molar-refractivity contribution is 0.414. The van der Waals surface area contributed by atoms with Crippen molar-refractivity contribution in [3.8, 4) is 5.75 Å². The highest BCUT2D eigenvalue weighted by Gasteiger charge is 2.48. The van der Waals surface area contributed by atoms with E-state index in [1.165, 1.54) is 5.56 Å². The number of rotatable bonds is 3. The van der Waals surface area contributed by atoms with E-state index in [1.807, 2.05) is 25.1 Å². The fourth-order valence-corrected chi connectivity index (χ4v) is 2.49. The second kappa shape index (κ2) is 3.69. The van der Waals surface area contributed by atoms with Crippen LogP contribution in [0.25, 0.3) is 0 Å². The van der Waals surface area contributed by atoms with Crippen molar-refractivity contribution in [2.45, 2.75) is 31.2 Å². The molecule has 0 aliphatic heterocycles. The monoisotopic (exact) mass is 225 g/mol. The Bertz CT molecular complexity index is 372. The van der Waals surface area contributed by atoms with E-state index in [0.29, 0.717) is 0 Å². The average Bonchev–Trinajstić information content (AvgIpc) is 2.98. The maximum atomic E-state index is 6.24. The summed E-state index contributed by atoms with van der Waals surface area (Å²) in [6.45, 7) is 2.05. The number of hydrogen-bond acceptors (Lipinski definition) is 2. The summed E-state index contributed by atoms with van der Waals surface area (Å²) in [6.07, 6.45) is 2.27. The van der Waals surface area contributed by atoms with Gasteiger partial charge in [-0.2, -0.15) is 0 Å². The first-order valence-corrected chi connectivity index (χ1v) is 5.57. The molecule has 3 heteroatoms. The molecular weight excluding hydrogens is 210 g/mol. The zero-order chi connectivity index (χ0) is 11.1. The van der Waals surface area contributed by atoms with Crippen molar-refractivity contribution in [1.82, 2.24) is 0 Å². The molecule has 0 bridgehead atoms. The van der Waals surface area contributed by atoms with Gasteiger partial charge in [-0.1, -0.05) is 17.7 Å². The lowest BCUT2D eigenvalue weighted by Crippen LogP contribution is -2.31. The first-order chi connectivity index (χ1) is 7.10. The average molecular weight is 226 g/mol. The van der Waals surface area contributed by atoms with Gasteiger partial charge >= 0.3 is 0 Å². The summed E-state index contributed by atoms with van der Waals surface area (Å²) in [5.74, 6) is 0.796. The van der Waals surface area contributed by atoms with E-state index in [0.717, 1.165) is 23.6 Å². The minimum absolute atomic E-state index is 0.114. The van der Waals surface area contributed by atoms with Crippen LogP contribution in [0, 0.1) is 0 Å². The van der Waals surface area contributed by atoms with Gasteiger partial charge in [0.15, 0.2) is 0 Å². The lowest BCUT2D eigenvalue weighted by Gasteiger charge is -2.21. The molecule has 1 aliphatic rings. The van der Waals surface area contributed by atoms with E-state index in [1.54, 1.807) is 7.11 Å². The van der Waals surface area contributed by atoms with E-state index < -0.39 is 0 Å². The Morgan fingerprint density at radius 1 is 1.47 bits per heavy atom. The smallest absolute Gasteiger partial charge is 0.120 e. The molecular formula is C12H16ClNO. The molecule has 1 fully saturated rings. The van der Waals surface area contributed by atoms with Crippen LogP contribution in [0.3, 0.4) is 0 Å². The number of halogens is 1. The molecule has 0 amide bonds. The molecule has 1 aromatic carbocycles. The van der Waals surface area contributed by atoms with E-state index in [9.17, 15) is 0 Å². The predicted octanol–water partition coefficient (Wildman–Crippen LogP) is 2.73. The fraction of sp³-hybridized carbons (Fsp3) is 0.500. The van der Waals surface area contributed by atoms with Gasteiger partial charge in [0.05, 0.1) is 7.11 Å². The SMILES string of the molecule is COc1ccc(C2(C(C)N)CC2)c(Cl)c1. The first kappa shape index (κ1) is 10.8. The maximum absolute atomic E-state index is 6.24. The molecule has 0 heterocycles. The van der Waals surface area contributed by atoms with E-state index >= 15 is 0 Å². The molecule has 0 aromatic heterocycles. The first-order valence-electron chi connectivity index (χ1n) is 5.20. The molecule has 1 saturated carbocycles. The molecule has 82 valence electrons. The van der Waals surface area contributed by atoms with Gasteiger partial charge in [0, 0.05) is 16.5 Å². The highest BCUT2D eigenvalue weighted by Crippen LogP contribution is 2.52. The van der Waals surface area contributed by atoms with E-state index in [2.05, 4.69) is 0 Å². The van der Waals surface area contributed by atoms with Crippen LogP contribution in [0.4, 0.5) is 0 Å². The van der Waals surface area contributed by atoms with Crippen molar-refractivity contribution in [3.05, 3.63) is 28.8 Å². The van der Waals surface area contributed by atoms with Gasteiger partial charge in [0.2, 0.25) is 0 Å². The third kappa shape index (κ3) is 1.72. The largest absolute Gasteiger partial charge is 0.497 e. The predicted molar refractivity (Wildman–Crippen MR) is 62.6 cm³/mol. The van der Waals surface area contributed by atoms with Crippen LogP contribution in [-0.4, -0.2) is 13.2 Å². The topological polar surface area (TPSA) is 35.2 Å². The van der Waals surface area contributed by atoms with Gasteiger partial charge in [0.1, 0.15) is 5.75 Å². The Hall–Kier alpha value is -0.730. The molecule has 1 aromatic rings. The lowest BCUT2D eigenvalue weighted by atomic mass is 9.89. The van der Waals surface area contributed by atoms with Gasteiger partial charge in [-0.15, -0.1) is 0 Å². The Morgan fingerprint density at radius 3 is 2.53 bits per heavy atom. The van der Waals surface area contributed by atoms with Gasteiger partial charge < -0.3 is 10.5 Å². The molecule has 0 saturated heterocycles. The van der Waals surface area contributed by atoms with Crippen molar-refractivity contribution in [1.29, 1.82) is 0 Å². The van der Waals surface area contributed by atoms with Gasteiger partial charge in [-0.25, -0.2) is 0 Å². The van der Waals surface area contributed by atoms with E-state index in [-0.39, 0.29) is 11.5 Å². The maximum Gasteiger partial charge on any atom is 0.120 e. The zero-order valence-electron chi connectivity index (χ0n) is 9.09. The Labute approximate surface area is 95.4 Å². The Balaban J connectivity index is 2.37. The molecule has 0 radical (unpaired) electrons. The highest BCUT2D eigenvalue weighted by atomic mass is 35.5. The minimum atomic E-state index is 0.114. The second-order valence-electron chi connectivity index (χ2n) is 4.29. The second-order valence-corrected chi connectivity index (χ2v) is 4.70. The van der Waals surface area contributed by atoms with Crippen LogP contribution >= 0.6 is 11.6 Å². The third-order valence-electron chi connectivity index (χ3n) is 3.37. The van der Waals surface area contributed by atoms with Gasteiger partial charge in [0.25, 0.3) is 0 Å². The number of nitrogens with two attached hydrogens (primary N) is 1.